The summed E-state index contributed by atoms with van der Waals surface area (Å²) in [5, 5.41) is 25.5. The molecular formula is C37H34ClN7O3S. The Morgan fingerprint density at radius 1 is 1.02 bits per heavy atom. The monoisotopic (exact) mass is 691 g/mol. The Morgan fingerprint density at radius 2 is 1.78 bits per heavy atom. The highest BCUT2D eigenvalue weighted by molar-refractivity contribution is 7.15. The number of nitrogens with one attached hydrogen (secondary N) is 1. The van der Waals surface area contributed by atoms with Crippen molar-refractivity contribution >= 4 is 46.2 Å². The van der Waals surface area contributed by atoms with Gasteiger partial charge in [0.1, 0.15) is 22.4 Å². The normalized spacial score (nSPS) is 19.7. The molecule has 0 spiro atoms. The molecule has 1 amide bonds. The quantitative estimate of drug-likeness (QED) is 0.244. The van der Waals surface area contributed by atoms with Crippen LogP contribution in [0.2, 0.25) is 5.02 Å². The van der Waals surface area contributed by atoms with E-state index >= 15 is 0 Å². The predicted molar refractivity (Wildman–Crippen MR) is 190 cm³/mol. The molecule has 5 aromatic rings. The van der Waals surface area contributed by atoms with Crippen LogP contribution in [-0.2, 0) is 28.2 Å². The number of hydrogen-bond acceptors (Lipinski definition) is 9. The fourth-order valence-electron chi connectivity index (χ4n) is 7.10. The van der Waals surface area contributed by atoms with Crippen molar-refractivity contribution in [3.8, 4) is 16.1 Å². The van der Waals surface area contributed by atoms with Gasteiger partial charge in [0.15, 0.2) is 5.82 Å². The first-order chi connectivity index (χ1) is 23.6. The summed E-state index contributed by atoms with van der Waals surface area (Å²) in [6.45, 7) is 7.24. The van der Waals surface area contributed by atoms with Crippen molar-refractivity contribution in [1.82, 2.24) is 25.1 Å². The van der Waals surface area contributed by atoms with E-state index in [4.69, 9.17) is 21.6 Å². The van der Waals surface area contributed by atoms with Gasteiger partial charge in [-0.15, -0.1) is 21.5 Å². The third-order valence-electron chi connectivity index (χ3n) is 9.75. The Bertz CT molecular complexity index is 2170. The third kappa shape index (κ3) is 5.65. The summed E-state index contributed by atoms with van der Waals surface area (Å²) in [6.07, 6.45) is 3.28. The van der Waals surface area contributed by atoms with E-state index in [2.05, 4.69) is 33.4 Å². The van der Waals surface area contributed by atoms with Gasteiger partial charge in [0.2, 0.25) is 11.6 Å². The smallest absolute Gasteiger partial charge is 0.227 e. The summed E-state index contributed by atoms with van der Waals surface area (Å²) in [4.78, 5) is 38.5. The van der Waals surface area contributed by atoms with Gasteiger partial charge in [0.05, 0.1) is 12.1 Å². The van der Waals surface area contributed by atoms with Crippen LogP contribution in [-0.4, -0.2) is 61.4 Å². The fourth-order valence-corrected chi connectivity index (χ4v) is 8.43. The predicted octanol–water partition coefficient (Wildman–Crippen LogP) is 5.42. The Balaban J connectivity index is 1.01. The Hall–Kier alpha value is -4.71. The van der Waals surface area contributed by atoms with E-state index in [0.29, 0.717) is 35.9 Å². The van der Waals surface area contributed by atoms with Crippen LogP contribution in [0.4, 0.5) is 5.82 Å². The number of carbonyl (C=O) groups excluding carboxylic acids is 2. The average molecular weight is 692 g/mol. The Kier molecular flexibility index (Phi) is 7.73. The van der Waals surface area contributed by atoms with Crippen LogP contribution in [0.15, 0.2) is 65.8 Å². The van der Waals surface area contributed by atoms with Crippen LogP contribution in [0.25, 0.3) is 16.1 Å². The molecule has 0 radical (unpaired) electrons. The maximum Gasteiger partial charge on any atom is 0.227 e. The van der Waals surface area contributed by atoms with E-state index in [9.17, 15) is 14.7 Å². The van der Waals surface area contributed by atoms with Gasteiger partial charge >= 0.3 is 0 Å². The molecule has 1 saturated heterocycles. The first kappa shape index (κ1) is 31.6. The number of aromatic nitrogens is 4. The van der Waals surface area contributed by atoms with Gasteiger partial charge in [-0.2, -0.15) is 0 Å². The molecule has 2 atom stereocenters. The summed E-state index contributed by atoms with van der Waals surface area (Å²) in [5.41, 5.74) is 5.54. The number of rotatable bonds is 6. The summed E-state index contributed by atoms with van der Waals surface area (Å²) >= 11 is 7.81. The number of halogens is 1. The lowest BCUT2D eigenvalue weighted by Gasteiger charge is -2.24. The lowest BCUT2D eigenvalue weighted by molar-refractivity contribution is -0.127. The molecule has 5 heterocycles. The second kappa shape index (κ2) is 12.0. The van der Waals surface area contributed by atoms with E-state index in [1.165, 1.54) is 0 Å². The molecule has 2 aliphatic heterocycles. The highest BCUT2D eigenvalue weighted by Gasteiger charge is 2.43. The molecular weight excluding hydrogens is 658 g/mol. The number of thiophene rings is 1. The second-order valence-electron chi connectivity index (χ2n) is 13.1. The van der Waals surface area contributed by atoms with Crippen LogP contribution in [0.3, 0.4) is 0 Å². The molecule has 3 aromatic heterocycles. The summed E-state index contributed by atoms with van der Waals surface area (Å²) in [7, 11) is 0. The van der Waals surface area contributed by atoms with Gasteiger partial charge < -0.3 is 15.3 Å². The van der Waals surface area contributed by atoms with Crippen molar-refractivity contribution in [1.29, 1.82) is 0 Å². The topological polar surface area (TPSA) is 126 Å². The van der Waals surface area contributed by atoms with Gasteiger partial charge in [-0.05, 0) is 73.7 Å². The van der Waals surface area contributed by atoms with Gasteiger partial charge in [-0.3, -0.25) is 14.2 Å². The number of hydrogen-bond donors (Lipinski definition) is 2. The van der Waals surface area contributed by atoms with Crippen LogP contribution < -0.4 is 10.2 Å². The first-order valence-corrected chi connectivity index (χ1v) is 17.5. The number of carbonyl (C=O) groups is 2. The molecule has 248 valence electrons. The molecule has 10 nitrogen and oxygen atoms in total. The molecule has 0 bridgehead atoms. The van der Waals surface area contributed by atoms with E-state index in [1.807, 2.05) is 61.0 Å². The number of pyridine rings is 1. The average Bonchev–Trinajstić information content (AvgIpc) is 3.84. The van der Waals surface area contributed by atoms with Crippen molar-refractivity contribution in [2.24, 2.45) is 4.99 Å². The molecule has 49 heavy (non-hydrogen) atoms. The fraction of sp³-hybridized carbons (Fsp3) is 0.297. The number of ketones is 1. The number of amides is 1. The second-order valence-corrected chi connectivity index (χ2v) is 14.7. The summed E-state index contributed by atoms with van der Waals surface area (Å²) in [6, 6.07) is 17.4. The third-order valence-corrected chi connectivity index (χ3v) is 11.2. The van der Waals surface area contributed by atoms with Crippen molar-refractivity contribution < 1.29 is 14.7 Å². The number of fused-ring (bicyclic) bond motifs is 4. The maximum absolute atomic E-state index is 13.7. The number of aryl methyl sites for hydroxylation is 2. The van der Waals surface area contributed by atoms with E-state index < -0.39 is 5.72 Å². The molecule has 1 aliphatic carbocycles. The molecule has 12 heteroatoms. The number of aliphatic imine (C=N–C) groups is 1. The molecule has 2 N–H and O–H groups in total. The van der Waals surface area contributed by atoms with Gasteiger partial charge in [-0.25, -0.2) is 9.98 Å². The Labute approximate surface area is 292 Å². The van der Waals surface area contributed by atoms with E-state index in [1.54, 1.807) is 23.5 Å². The minimum atomic E-state index is -1.97. The summed E-state index contributed by atoms with van der Waals surface area (Å²) < 4.78 is 1.83. The maximum atomic E-state index is 13.7. The van der Waals surface area contributed by atoms with Crippen molar-refractivity contribution in [3.05, 3.63) is 110 Å². The molecule has 0 saturated carbocycles. The standard InChI is InChI=1S/C37H34ClN7O3S/c1-20-21(2)49-35-33(20)34(23-6-9-28(38)10-7-23)41-37(48,36-43-42-22(3)45(35)36)17-32(47)40-29-12-13-44(19-29)31-11-8-26(18-39-31)24-4-5-25-15-30(46)16-27(25)14-24/h4-11,14,18,29,48H,12-13,15-17,19H2,1-3H3,(H,40,47)/t29?,37-/m0/s1. The van der Waals surface area contributed by atoms with Crippen LogP contribution in [0, 0.1) is 20.8 Å². The summed E-state index contributed by atoms with van der Waals surface area (Å²) in [5.74, 6) is 1.56. The first-order valence-electron chi connectivity index (χ1n) is 16.3. The van der Waals surface area contributed by atoms with Crippen LogP contribution in [0.1, 0.15) is 57.2 Å². The van der Waals surface area contributed by atoms with Crippen molar-refractivity contribution in [3.63, 3.8) is 0 Å². The SMILES string of the molecule is Cc1sc2c(c1C)C(c1ccc(Cl)cc1)=N[C@](O)(CC(=O)NC1CCN(c3ccc(-c4ccc5c(c4)CC(=O)C5)cn3)C1)c1nnc(C)n1-2. The lowest BCUT2D eigenvalue weighted by atomic mass is 9.99. The number of benzene rings is 2. The zero-order valence-corrected chi connectivity index (χ0v) is 28.9. The molecule has 1 unspecified atom stereocenters. The highest BCUT2D eigenvalue weighted by atomic mass is 35.5. The Morgan fingerprint density at radius 3 is 2.55 bits per heavy atom. The van der Waals surface area contributed by atoms with Gasteiger partial charge in [-0.1, -0.05) is 41.9 Å². The number of Topliss-reactive ketones (excluding diaryl/α,β-unsaturated/α-hetero) is 1. The van der Waals surface area contributed by atoms with Gasteiger partial charge in [0.25, 0.3) is 0 Å². The zero-order chi connectivity index (χ0) is 34.0. The van der Waals surface area contributed by atoms with E-state index in [0.717, 1.165) is 67.6 Å². The van der Waals surface area contributed by atoms with Crippen LogP contribution in [0.5, 0.6) is 0 Å². The number of nitrogens with zero attached hydrogens (tertiary/aromatic N) is 6. The van der Waals surface area contributed by atoms with Gasteiger partial charge in [0, 0.05) is 64.8 Å². The minimum Gasteiger partial charge on any atom is -0.363 e. The molecule has 2 aromatic carbocycles. The lowest BCUT2D eigenvalue weighted by Crippen LogP contribution is -2.41. The largest absolute Gasteiger partial charge is 0.363 e. The molecule has 8 rings (SSSR count). The highest BCUT2D eigenvalue weighted by Crippen LogP contribution is 2.41. The van der Waals surface area contributed by atoms with Crippen molar-refractivity contribution in [2.75, 3.05) is 18.0 Å². The molecule has 1 fully saturated rings. The van der Waals surface area contributed by atoms with Crippen LogP contribution >= 0.6 is 22.9 Å². The van der Waals surface area contributed by atoms with E-state index in [-0.39, 0.29) is 30.0 Å². The van der Waals surface area contributed by atoms with Crippen molar-refractivity contribution in [2.45, 2.75) is 58.2 Å². The number of aliphatic hydroxyl groups is 1. The number of anilines is 1. The zero-order valence-electron chi connectivity index (χ0n) is 27.3. The molecule has 3 aliphatic rings. The minimum absolute atomic E-state index is 0.136.